The van der Waals surface area contributed by atoms with Gasteiger partial charge in [-0.05, 0) is 13.0 Å². The Bertz CT molecular complexity index is 527. The van der Waals surface area contributed by atoms with Gasteiger partial charge in [0.1, 0.15) is 6.61 Å². The van der Waals surface area contributed by atoms with Crippen LogP contribution in [0.4, 0.5) is 0 Å². The molecule has 1 saturated heterocycles. The van der Waals surface area contributed by atoms with Crippen molar-refractivity contribution in [1.82, 2.24) is 10.2 Å². The van der Waals surface area contributed by atoms with E-state index in [4.69, 9.17) is 9.84 Å². The van der Waals surface area contributed by atoms with Crippen molar-refractivity contribution in [3.8, 4) is 11.8 Å². The lowest BCUT2D eigenvalue weighted by Crippen LogP contribution is -2.45. The van der Waals surface area contributed by atoms with Crippen molar-refractivity contribution in [2.45, 2.75) is 13.0 Å². The molecule has 0 saturated carbocycles. The normalized spacial score (nSPS) is 16.9. The van der Waals surface area contributed by atoms with E-state index in [-0.39, 0.29) is 18.6 Å². The van der Waals surface area contributed by atoms with Gasteiger partial charge in [0.25, 0.3) is 5.91 Å². The lowest BCUT2D eigenvalue weighted by molar-refractivity contribution is 0.0342. The van der Waals surface area contributed by atoms with Gasteiger partial charge in [0.2, 0.25) is 0 Å². The number of rotatable bonds is 4. The molecule has 21 heavy (non-hydrogen) atoms. The number of hydrogen-bond acceptors (Lipinski definition) is 5. The van der Waals surface area contributed by atoms with Gasteiger partial charge in [-0.15, -0.1) is 11.3 Å². The van der Waals surface area contributed by atoms with E-state index < -0.39 is 0 Å². The van der Waals surface area contributed by atoms with E-state index in [1.807, 2.05) is 6.92 Å². The molecule has 1 aromatic rings. The molecule has 1 amide bonds. The highest BCUT2D eigenvalue weighted by atomic mass is 32.1. The second-order valence-corrected chi connectivity index (χ2v) is 5.86. The van der Waals surface area contributed by atoms with E-state index in [1.54, 1.807) is 11.4 Å². The van der Waals surface area contributed by atoms with Crippen molar-refractivity contribution in [1.29, 1.82) is 0 Å². The first-order valence-corrected chi connectivity index (χ1v) is 7.86. The number of aliphatic hydroxyl groups is 1. The molecule has 0 spiro atoms. The van der Waals surface area contributed by atoms with Crippen molar-refractivity contribution >= 4 is 17.2 Å². The van der Waals surface area contributed by atoms with E-state index in [2.05, 4.69) is 22.1 Å². The molecule has 114 valence electrons. The van der Waals surface area contributed by atoms with E-state index in [1.165, 1.54) is 11.3 Å². The van der Waals surface area contributed by atoms with Crippen LogP contribution in [0, 0.1) is 11.8 Å². The van der Waals surface area contributed by atoms with Crippen molar-refractivity contribution in [3.63, 3.8) is 0 Å². The molecule has 5 nitrogen and oxygen atoms in total. The highest BCUT2D eigenvalue weighted by molar-refractivity contribution is 7.10. The van der Waals surface area contributed by atoms with Crippen molar-refractivity contribution in [2.75, 3.05) is 39.5 Å². The van der Waals surface area contributed by atoms with E-state index in [0.717, 1.165) is 37.7 Å². The molecule has 1 aliphatic heterocycles. The van der Waals surface area contributed by atoms with Crippen LogP contribution in [0.3, 0.4) is 0 Å². The summed E-state index contributed by atoms with van der Waals surface area (Å²) in [5, 5.41) is 13.4. The number of hydrogen-bond donors (Lipinski definition) is 2. The molecule has 1 atom stereocenters. The number of nitrogens with one attached hydrogen (secondary N) is 1. The largest absolute Gasteiger partial charge is 0.384 e. The minimum absolute atomic E-state index is 0.0796. The van der Waals surface area contributed by atoms with Gasteiger partial charge in [0, 0.05) is 31.1 Å². The zero-order valence-corrected chi connectivity index (χ0v) is 12.9. The molecule has 2 heterocycles. The zero-order chi connectivity index (χ0) is 15.1. The predicted molar refractivity (Wildman–Crippen MR) is 82.5 cm³/mol. The minimum Gasteiger partial charge on any atom is -0.384 e. The first-order valence-electron chi connectivity index (χ1n) is 6.98. The summed E-state index contributed by atoms with van der Waals surface area (Å²) in [5.74, 6) is 5.30. The van der Waals surface area contributed by atoms with Crippen LogP contribution in [-0.4, -0.2) is 61.4 Å². The Labute approximate surface area is 128 Å². The van der Waals surface area contributed by atoms with Gasteiger partial charge in [-0.1, -0.05) is 11.8 Å². The van der Waals surface area contributed by atoms with Crippen LogP contribution in [0.5, 0.6) is 0 Å². The van der Waals surface area contributed by atoms with Crippen LogP contribution in [0.1, 0.15) is 22.2 Å². The first kappa shape index (κ1) is 16.0. The molecule has 1 unspecified atom stereocenters. The second kappa shape index (κ2) is 8.15. The Kier molecular flexibility index (Phi) is 6.21. The highest BCUT2D eigenvalue weighted by Gasteiger charge is 2.16. The standard InChI is InChI=1S/C15H20N2O3S/c1-12(10-17-4-7-20-8-5-17)16-15(19)13-9-14(21-11-13)3-2-6-18/h9,11-12,18H,4-8,10H2,1H3,(H,16,19). The lowest BCUT2D eigenvalue weighted by Gasteiger charge is -2.29. The number of nitrogens with zero attached hydrogens (tertiary/aromatic N) is 1. The molecule has 2 N–H and O–H groups in total. The monoisotopic (exact) mass is 308 g/mol. The highest BCUT2D eigenvalue weighted by Crippen LogP contribution is 2.13. The van der Waals surface area contributed by atoms with Gasteiger partial charge in [-0.2, -0.15) is 0 Å². The van der Waals surface area contributed by atoms with Crippen LogP contribution in [0.2, 0.25) is 0 Å². The van der Waals surface area contributed by atoms with Crippen molar-refractivity contribution in [3.05, 3.63) is 21.9 Å². The smallest absolute Gasteiger partial charge is 0.252 e. The maximum Gasteiger partial charge on any atom is 0.252 e. The predicted octanol–water partition coefficient (Wildman–Crippen LogP) is 0.542. The molecule has 0 aromatic carbocycles. The summed E-state index contributed by atoms with van der Waals surface area (Å²) in [7, 11) is 0. The van der Waals surface area contributed by atoms with Gasteiger partial charge < -0.3 is 15.2 Å². The Morgan fingerprint density at radius 3 is 3.05 bits per heavy atom. The van der Waals surface area contributed by atoms with Gasteiger partial charge in [-0.25, -0.2) is 0 Å². The molecular weight excluding hydrogens is 288 g/mol. The van der Waals surface area contributed by atoms with Gasteiger partial charge in [0.05, 0.1) is 23.7 Å². The number of carbonyl (C=O) groups excluding carboxylic acids is 1. The Morgan fingerprint density at radius 1 is 1.57 bits per heavy atom. The third-order valence-electron chi connectivity index (χ3n) is 3.17. The van der Waals surface area contributed by atoms with Crippen molar-refractivity contribution < 1.29 is 14.6 Å². The average molecular weight is 308 g/mol. The Balaban J connectivity index is 1.83. The number of aliphatic hydroxyl groups excluding tert-OH is 1. The van der Waals surface area contributed by atoms with Gasteiger partial charge in [0.15, 0.2) is 0 Å². The van der Waals surface area contributed by atoms with Crippen LogP contribution in [-0.2, 0) is 4.74 Å². The third kappa shape index (κ3) is 5.14. The quantitative estimate of drug-likeness (QED) is 0.797. The molecule has 1 fully saturated rings. The number of carbonyl (C=O) groups is 1. The summed E-state index contributed by atoms with van der Waals surface area (Å²) >= 11 is 1.41. The third-order valence-corrected chi connectivity index (χ3v) is 4.01. The molecule has 6 heteroatoms. The number of thiophene rings is 1. The fourth-order valence-corrected chi connectivity index (χ4v) is 2.93. The topological polar surface area (TPSA) is 61.8 Å². The lowest BCUT2D eigenvalue weighted by atomic mass is 10.2. The fourth-order valence-electron chi connectivity index (χ4n) is 2.17. The van der Waals surface area contributed by atoms with Crippen LogP contribution >= 0.6 is 11.3 Å². The molecule has 0 aliphatic carbocycles. The van der Waals surface area contributed by atoms with Gasteiger partial charge >= 0.3 is 0 Å². The summed E-state index contributed by atoms with van der Waals surface area (Å²) in [6.45, 7) is 6.02. The summed E-state index contributed by atoms with van der Waals surface area (Å²) in [4.78, 5) is 15.2. The average Bonchev–Trinajstić information content (AvgIpc) is 2.95. The SMILES string of the molecule is CC(CN1CCOCC1)NC(=O)c1csc(C#CCO)c1. The zero-order valence-electron chi connectivity index (χ0n) is 12.1. The number of amides is 1. The van der Waals surface area contributed by atoms with Crippen molar-refractivity contribution in [2.24, 2.45) is 0 Å². The molecule has 2 rings (SSSR count). The molecule has 1 aromatic heterocycles. The summed E-state index contributed by atoms with van der Waals surface area (Å²) in [5.41, 5.74) is 0.621. The van der Waals surface area contributed by atoms with E-state index in [9.17, 15) is 4.79 Å². The molecule has 0 bridgehead atoms. The summed E-state index contributed by atoms with van der Waals surface area (Å²) in [6, 6.07) is 1.84. The number of morpholine rings is 1. The second-order valence-electron chi connectivity index (χ2n) is 4.95. The van der Waals surface area contributed by atoms with Crippen LogP contribution in [0.15, 0.2) is 11.4 Å². The fraction of sp³-hybridized carbons (Fsp3) is 0.533. The summed E-state index contributed by atoms with van der Waals surface area (Å²) < 4.78 is 5.31. The minimum atomic E-state index is -0.171. The maximum atomic E-state index is 12.1. The maximum absolute atomic E-state index is 12.1. The first-order chi connectivity index (χ1) is 10.2. The Morgan fingerprint density at radius 2 is 2.33 bits per heavy atom. The van der Waals surface area contributed by atoms with Crippen LogP contribution < -0.4 is 5.32 Å². The Hall–Kier alpha value is -1.39. The van der Waals surface area contributed by atoms with Crippen LogP contribution in [0.25, 0.3) is 0 Å². The van der Waals surface area contributed by atoms with E-state index in [0.29, 0.717) is 5.56 Å². The molecular formula is C15H20N2O3S. The molecule has 1 aliphatic rings. The van der Waals surface area contributed by atoms with E-state index >= 15 is 0 Å². The summed E-state index contributed by atoms with van der Waals surface area (Å²) in [6.07, 6.45) is 0. The molecule has 0 radical (unpaired) electrons. The number of ether oxygens (including phenoxy) is 1. The van der Waals surface area contributed by atoms with Gasteiger partial charge in [-0.3, -0.25) is 9.69 Å².